The van der Waals surface area contributed by atoms with Gasteiger partial charge in [-0.25, -0.2) is 18.4 Å². The van der Waals surface area contributed by atoms with Crippen molar-refractivity contribution in [2.45, 2.75) is 11.2 Å². The maximum Gasteiger partial charge on any atom is 0.316 e. The number of sulfone groups is 1. The van der Waals surface area contributed by atoms with E-state index in [2.05, 4.69) is 9.97 Å². The van der Waals surface area contributed by atoms with E-state index >= 15 is 0 Å². The fourth-order valence-electron chi connectivity index (χ4n) is 3.23. The second kappa shape index (κ2) is 6.04. The summed E-state index contributed by atoms with van der Waals surface area (Å²) in [5.41, 5.74) is 0. The second-order valence-corrected chi connectivity index (χ2v) is 8.35. The number of aromatic nitrogens is 2. The number of amides is 1. The van der Waals surface area contributed by atoms with Crippen molar-refractivity contribution in [1.82, 2.24) is 14.9 Å². The smallest absolute Gasteiger partial charge is 0.316 e. The van der Waals surface area contributed by atoms with Crippen molar-refractivity contribution in [3.8, 4) is 6.01 Å². The molecule has 23 heavy (non-hydrogen) atoms. The molecular weight excluding hydrogens is 322 g/mol. The zero-order valence-corrected chi connectivity index (χ0v) is 13.7. The van der Waals surface area contributed by atoms with E-state index in [0.717, 1.165) is 0 Å². The van der Waals surface area contributed by atoms with Gasteiger partial charge < -0.3 is 14.4 Å². The largest absolute Gasteiger partial charge is 0.463 e. The van der Waals surface area contributed by atoms with Crippen LogP contribution in [0.5, 0.6) is 6.01 Å². The van der Waals surface area contributed by atoms with Crippen LogP contribution in [-0.2, 0) is 19.4 Å². The lowest BCUT2D eigenvalue weighted by Crippen LogP contribution is -2.69. The summed E-state index contributed by atoms with van der Waals surface area (Å²) in [6.07, 6.45) is 3.66. The van der Waals surface area contributed by atoms with Crippen LogP contribution in [0.15, 0.2) is 18.5 Å². The molecule has 1 spiro atoms. The average Bonchev–Trinajstić information content (AvgIpc) is 2.75. The van der Waals surface area contributed by atoms with Gasteiger partial charge >= 0.3 is 6.01 Å². The highest BCUT2D eigenvalue weighted by Crippen LogP contribution is 2.44. The minimum atomic E-state index is -3.24. The summed E-state index contributed by atoms with van der Waals surface area (Å²) in [5.74, 6) is -0.225. The van der Waals surface area contributed by atoms with E-state index in [-0.39, 0.29) is 49.9 Å². The number of ether oxygens (including phenoxy) is 2. The minimum Gasteiger partial charge on any atom is -0.463 e. The van der Waals surface area contributed by atoms with Gasteiger partial charge in [0, 0.05) is 38.5 Å². The fraction of sp³-hybridized carbons (Fsp3) is 0.643. The van der Waals surface area contributed by atoms with Gasteiger partial charge in [-0.3, -0.25) is 4.79 Å². The zero-order chi connectivity index (χ0) is 16.5. The Hall–Kier alpha value is -1.74. The molecule has 0 bridgehead atoms. The van der Waals surface area contributed by atoms with Crippen LogP contribution >= 0.6 is 0 Å². The number of carbonyl (C=O) groups excluding carboxylic acids is 1. The predicted molar refractivity (Wildman–Crippen MR) is 80.6 cm³/mol. The molecule has 0 N–H and O–H groups in total. The van der Waals surface area contributed by atoms with Gasteiger partial charge in [-0.15, -0.1) is 0 Å². The van der Waals surface area contributed by atoms with Crippen LogP contribution in [0.3, 0.4) is 0 Å². The molecule has 8 nitrogen and oxygen atoms in total. The summed E-state index contributed by atoms with van der Waals surface area (Å²) < 4.78 is 34.4. The van der Waals surface area contributed by atoms with Crippen LogP contribution in [0.2, 0.25) is 0 Å². The van der Waals surface area contributed by atoms with Crippen molar-refractivity contribution in [2.24, 2.45) is 5.92 Å². The van der Waals surface area contributed by atoms with Gasteiger partial charge in [0.1, 0.15) is 11.4 Å². The SMILES string of the molecule is COCC(=O)N1CC2(C1)C(COc1ncccn1)CCS2(=O)=O. The van der Waals surface area contributed by atoms with Crippen molar-refractivity contribution in [2.75, 3.05) is 39.2 Å². The lowest BCUT2D eigenvalue weighted by atomic mass is 9.83. The number of hydrogen-bond acceptors (Lipinski definition) is 7. The normalized spacial score (nSPS) is 24.4. The lowest BCUT2D eigenvalue weighted by molar-refractivity contribution is -0.141. The summed E-state index contributed by atoms with van der Waals surface area (Å²) in [5, 5.41) is 0. The molecule has 0 aliphatic carbocycles. The number of carbonyl (C=O) groups is 1. The standard InChI is InChI=1S/C14H19N3O5S/c1-21-8-12(18)17-9-14(10-17)11(3-6-23(14,19)20)7-22-13-15-4-2-5-16-13/h2,4-5,11H,3,6-10H2,1H3. The summed E-state index contributed by atoms with van der Waals surface area (Å²) >= 11 is 0. The first-order valence-electron chi connectivity index (χ1n) is 7.37. The molecule has 2 aliphatic rings. The molecule has 3 heterocycles. The molecule has 2 aliphatic heterocycles. The first-order valence-corrected chi connectivity index (χ1v) is 9.02. The number of methoxy groups -OCH3 is 1. The van der Waals surface area contributed by atoms with Crippen LogP contribution in [-0.4, -0.2) is 73.1 Å². The topological polar surface area (TPSA) is 98.7 Å². The summed E-state index contributed by atoms with van der Waals surface area (Å²) in [6, 6.07) is 1.91. The van der Waals surface area contributed by atoms with E-state index in [0.29, 0.717) is 6.42 Å². The molecule has 0 saturated carbocycles. The Morgan fingerprint density at radius 2 is 2.09 bits per heavy atom. The van der Waals surface area contributed by atoms with E-state index in [9.17, 15) is 13.2 Å². The minimum absolute atomic E-state index is 0.0326. The van der Waals surface area contributed by atoms with Crippen LogP contribution in [0.4, 0.5) is 0 Å². The number of rotatable bonds is 5. The first kappa shape index (κ1) is 16.1. The van der Waals surface area contributed by atoms with Crippen LogP contribution in [0.25, 0.3) is 0 Å². The molecule has 1 unspecified atom stereocenters. The third-order valence-electron chi connectivity index (χ3n) is 4.59. The van der Waals surface area contributed by atoms with Crippen molar-refractivity contribution in [3.05, 3.63) is 18.5 Å². The van der Waals surface area contributed by atoms with E-state index < -0.39 is 14.6 Å². The zero-order valence-electron chi connectivity index (χ0n) is 12.8. The van der Waals surface area contributed by atoms with E-state index in [4.69, 9.17) is 9.47 Å². The third kappa shape index (κ3) is 2.78. The molecule has 1 atom stereocenters. The molecule has 3 rings (SSSR count). The van der Waals surface area contributed by atoms with E-state index in [1.807, 2.05) is 0 Å². The summed E-state index contributed by atoms with van der Waals surface area (Å²) in [7, 11) is -1.80. The highest BCUT2D eigenvalue weighted by Gasteiger charge is 2.62. The molecule has 126 valence electrons. The Morgan fingerprint density at radius 1 is 1.39 bits per heavy atom. The van der Waals surface area contributed by atoms with Crippen LogP contribution in [0, 0.1) is 5.92 Å². The highest BCUT2D eigenvalue weighted by atomic mass is 32.2. The maximum absolute atomic E-state index is 12.5. The van der Waals surface area contributed by atoms with Crippen molar-refractivity contribution in [3.63, 3.8) is 0 Å². The second-order valence-electron chi connectivity index (χ2n) is 5.89. The number of likely N-dealkylation sites (tertiary alicyclic amines) is 1. The maximum atomic E-state index is 12.5. The first-order chi connectivity index (χ1) is 11.0. The van der Waals surface area contributed by atoms with Crippen molar-refractivity contribution < 1.29 is 22.7 Å². The Kier molecular flexibility index (Phi) is 4.24. The Bertz CT molecular complexity index is 673. The monoisotopic (exact) mass is 341 g/mol. The summed E-state index contributed by atoms with van der Waals surface area (Å²) in [4.78, 5) is 21.3. The molecule has 9 heteroatoms. The number of nitrogens with zero attached hydrogens (tertiary/aromatic N) is 3. The molecule has 2 saturated heterocycles. The quantitative estimate of drug-likeness (QED) is 0.713. The highest BCUT2D eigenvalue weighted by molar-refractivity contribution is 7.93. The molecular formula is C14H19N3O5S. The van der Waals surface area contributed by atoms with Gasteiger partial charge in [0.15, 0.2) is 9.84 Å². The molecule has 0 aromatic carbocycles. The molecule has 2 fully saturated rings. The molecule has 0 radical (unpaired) electrons. The van der Waals surface area contributed by atoms with Crippen LogP contribution < -0.4 is 4.74 Å². The fourth-order valence-corrected chi connectivity index (χ4v) is 5.63. The van der Waals surface area contributed by atoms with Crippen molar-refractivity contribution in [1.29, 1.82) is 0 Å². The third-order valence-corrected chi connectivity index (χ3v) is 7.20. The van der Waals surface area contributed by atoms with E-state index in [1.54, 1.807) is 18.5 Å². The van der Waals surface area contributed by atoms with Gasteiger partial charge in [0.05, 0.1) is 12.4 Å². The molecule has 1 aromatic heterocycles. The van der Waals surface area contributed by atoms with Crippen molar-refractivity contribution >= 4 is 15.7 Å². The predicted octanol–water partition coefficient (Wildman–Crippen LogP) is -0.482. The Balaban J connectivity index is 1.68. The Labute approximate surface area is 134 Å². The molecule has 1 amide bonds. The van der Waals surface area contributed by atoms with Crippen LogP contribution in [0.1, 0.15) is 6.42 Å². The van der Waals surface area contributed by atoms with Gasteiger partial charge in [-0.05, 0) is 12.5 Å². The van der Waals surface area contributed by atoms with Gasteiger partial charge in [0.2, 0.25) is 5.91 Å². The molecule has 1 aromatic rings. The van der Waals surface area contributed by atoms with E-state index in [1.165, 1.54) is 12.0 Å². The van der Waals surface area contributed by atoms with Gasteiger partial charge in [-0.1, -0.05) is 0 Å². The Morgan fingerprint density at radius 3 is 2.74 bits per heavy atom. The number of hydrogen-bond donors (Lipinski definition) is 0. The summed E-state index contributed by atoms with van der Waals surface area (Å²) in [6.45, 7) is 0.618. The average molecular weight is 341 g/mol. The lowest BCUT2D eigenvalue weighted by Gasteiger charge is -2.49. The van der Waals surface area contributed by atoms with Gasteiger partial charge in [-0.2, -0.15) is 0 Å². The van der Waals surface area contributed by atoms with Gasteiger partial charge in [0.25, 0.3) is 0 Å².